The lowest BCUT2D eigenvalue weighted by molar-refractivity contribution is -0.138. The highest BCUT2D eigenvalue weighted by Crippen LogP contribution is 2.26. The van der Waals surface area contributed by atoms with E-state index < -0.39 is 5.97 Å². The van der Waals surface area contributed by atoms with Gasteiger partial charge in [0.1, 0.15) is 0 Å². The summed E-state index contributed by atoms with van der Waals surface area (Å²) in [5.41, 5.74) is 0. The third-order valence-corrected chi connectivity index (χ3v) is 2.83. The summed E-state index contributed by atoms with van der Waals surface area (Å²) < 4.78 is 5.28. The van der Waals surface area contributed by atoms with Crippen molar-refractivity contribution in [2.75, 3.05) is 7.11 Å². The van der Waals surface area contributed by atoms with Crippen LogP contribution in [0.5, 0.6) is 0 Å². The second-order valence-corrected chi connectivity index (χ2v) is 3.83. The van der Waals surface area contributed by atoms with Gasteiger partial charge in [-0.15, -0.1) is 0 Å². The van der Waals surface area contributed by atoms with Crippen molar-refractivity contribution in [2.45, 2.75) is 44.6 Å². The molecule has 0 saturated heterocycles. The lowest BCUT2D eigenvalue weighted by Crippen LogP contribution is -2.09. The molecule has 13 heavy (non-hydrogen) atoms. The van der Waals surface area contributed by atoms with Gasteiger partial charge in [0.25, 0.3) is 0 Å². The number of hydrogen-bond acceptors (Lipinski definition) is 2. The van der Waals surface area contributed by atoms with Crippen LogP contribution in [0.1, 0.15) is 38.5 Å². The maximum absolute atomic E-state index is 10.5. The third-order valence-electron chi connectivity index (χ3n) is 2.83. The summed E-state index contributed by atoms with van der Waals surface area (Å²) in [6, 6.07) is 0. The molecule has 2 unspecified atom stereocenters. The van der Waals surface area contributed by atoms with E-state index in [0.29, 0.717) is 18.4 Å². The third kappa shape index (κ3) is 3.77. The predicted molar refractivity (Wildman–Crippen MR) is 49.6 cm³/mol. The molecule has 1 aliphatic rings. The molecule has 0 heterocycles. The van der Waals surface area contributed by atoms with Crippen LogP contribution >= 0.6 is 0 Å². The van der Waals surface area contributed by atoms with Gasteiger partial charge in [0.2, 0.25) is 0 Å². The first-order valence-electron chi connectivity index (χ1n) is 4.97. The normalized spacial score (nSPS) is 29.6. The molecular formula is C10H18O3. The largest absolute Gasteiger partial charge is 0.481 e. The lowest BCUT2D eigenvalue weighted by atomic mass is 9.97. The molecule has 76 valence electrons. The standard InChI is InChI=1S/C10H18O3/c1-13-9-4-2-3-8(5-6-9)7-10(11)12/h8-9H,2-7H2,1H3,(H,11,12). The minimum absolute atomic E-state index is 0.330. The number of rotatable bonds is 3. The molecule has 3 heteroatoms. The maximum Gasteiger partial charge on any atom is 0.303 e. The minimum Gasteiger partial charge on any atom is -0.481 e. The second kappa shape index (κ2) is 5.22. The van der Waals surface area contributed by atoms with Gasteiger partial charge >= 0.3 is 5.97 Å². The molecule has 0 aromatic carbocycles. The molecule has 1 rings (SSSR count). The molecule has 0 radical (unpaired) electrons. The summed E-state index contributed by atoms with van der Waals surface area (Å²) in [6.45, 7) is 0. The summed E-state index contributed by atoms with van der Waals surface area (Å²) in [7, 11) is 1.74. The average Bonchev–Trinajstić information content (AvgIpc) is 2.29. The molecule has 1 N–H and O–H groups in total. The van der Waals surface area contributed by atoms with Crippen LogP contribution in [0.4, 0.5) is 0 Å². The SMILES string of the molecule is COC1CCCC(CC(=O)O)CC1. The average molecular weight is 186 g/mol. The van der Waals surface area contributed by atoms with Crippen LogP contribution in [0.15, 0.2) is 0 Å². The van der Waals surface area contributed by atoms with E-state index in [1.807, 2.05) is 0 Å². The van der Waals surface area contributed by atoms with Gasteiger partial charge in [-0.1, -0.05) is 6.42 Å². The topological polar surface area (TPSA) is 46.5 Å². The number of methoxy groups -OCH3 is 1. The highest BCUT2D eigenvalue weighted by Gasteiger charge is 2.20. The zero-order valence-electron chi connectivity index (χ0n) is 8.16. The first-order valence-corrected chi connectivity index (χ1v) is 4.97. The first kappa shape index (κ1) is 10.5. The van der Waals surface area contributed by atoms with Crippen molar-refractivity contribution >= 4 is 5.97 Å². The van der Waals surface area contributed by atoms with Gasteiger partial charge in [-0.05, 0) is 31.6 Å². The summed E-state index contributed by atoms with van der Waals surface area (Å²) in [4.78, 5) is 10.5. The van der Waals surface area contributed by atoms with Crippen LogP contribution in [-0.2, 0) is 9.53 Å². The Bertz CT molecular complexity index is 168. The van der Waals surface area contributed by atoms with Crippen LogP contribution in [-0.4, -0.2) is 24.3 Å². The lowest BCUT2D eigenvalue weighted by Gasteiger charge is -2.12. The van der Waals surface area contributed by atoms with Gasteiger partial charge < -0.3 is 9.84 Å². The van der Waals surface area contributed by atoms with Crippen molar-refractivity contribution in [3.63, 3.8) is 0 Å². The van der Waals surface area contributed by atoms with Crippen molar-refractivity contribution in [3.8, 4) is 0 Å². The molecule has 2 atom stereocenters. The van der Waals surface area contributed by atoms with Crippen LogP contribution in [0.2, 0.25) is 0 Å². The van der Waals surface area contributed by atoms with Gasteiger partial charge in [0.05, 0.1) is 6.10 Å². The molecule has 0 amide bonds. The van der Waals surface area contributed by atoms with E-state index in [9.17, 15) is 4.79 Å². The summed E-state index contributed by atoms with van der Waals surface area (Å²) in [5, 5.41) is 8.65. The number of carbonyl (C=O) groups is 1. The summed E-state index contributed by atoms with van der Waals surface area (Å²) in [5.74, 6) is -0.293. The van der Waals surface area contributed by atoms with Crippen molar-refractivity contribution in [1.29, 1.82) is 0 Å². The van der Waals surface area contributed by atoms with Crippen molar-refractivity contribution in [3.05, 3.63) is 0 Å². The summed E-state index contributed by atoms with van der Waals surface area (Å²) in [6.07, 6.45) is 5.96. The van der Waals surface area contributed by atoms with E-state index in [0.717, 1.165) is 32.1 Å². The quantitative estimate of drug-likeness (QED) is 0.686. The van der Waals surface area contributed by atoms with Crippen LogP contribution in [0.25, 0.3) is 0 Å². The van der Waals surface area contributed by atoms with E-state index in [2.05, 4.69) is 0 Å². The Labute approximate surface area is 79.1 Å². The molecule has 0 aromatic rings. The maximum atomic E-state index is 10.5. The summed E-state index contributed by atoms with van der Waals surface area (Å²) >= 11 is 0. The van der Waals surface area contributed by atoms with Gasteiger partial charge in [0.15, 0.2) is 0 Å². The fraction of sp³-hybridized carbons (Fsp3) is 0.900. The molecule has 3 nitrogen and oxygen atoms in total. The van der Waals surface area contributed by atoms with Crippen molar-refractivity contribution < 1.29 is 14.6 Å². The highest BCUT2D eigenvalue weighted by atomic mass is 16.5. The Morgan fingerprint density at radius 2 is 2.15 bits per heavy atom. The van der Waals surface area contributed by atoms with Gasteiger partial charge in [-0.3, -0.25) is 4.79 Å². The Morgan fingerprint density at radius 1 is 1.38 bits per heavy atom. The number of carboxylic acid groups (broad SMARTS) is 1. The van der Waals surface area contributed by atoms with Crippen LogP contribution in [0, 0.1) is 5.92 Å². The van der Waals surface area contributed by atoms with Gasteiger partial charge in [-0.25, -0.2) is 0 Å². The Balaban J connectivity index is 2.31. The van der Waals surface area contributed by atoms with Crippen molar-refractivity contribution in [1.82, 2.24) is 0 Å². The fourth-order valence-electron chi connectivity index (χ4n) is 2.03. The smallest absolute Gasteiger partial charge is 0.303 e. The Hall–Kier alpha value is -0.570. The van der Waals surface area contributed by atoms with Gasteiger partial charge in [-0.2, -0.15) is 0 Å². The minimum atomic E-state index is -0.666. The van der Waals surface area contributed by atoms with E-state index in [1.165, 1.54) is 0 Å². The molecule has 0 aromatic heterocycles. The fourth-order valence-corrected chi connectivity index (χ4v) is 2.03. The molecular weight excluding hydrogens is 168 g/mol. The van der Waals surface area contributed by atoms with E-state index in [4.69, 9.17) is 9.84 Å². The number of hydrogen-bond donors (Lipinski definition) is 1. The Kier molecular flexibility index (Phi) is 4.22. The van der Waals surface area contributed by atoms with Crippen LogP contribution in [0.3, 0.4) is 0 Å². The Morgan fingerprint density at radius 3 is 2.77 bits per heavy atom. The number of ether oxygens (including phenoxy) is 1. The predicted octanol–water partition coefficient (Wildman–Crippen LogP) is 2.06. The van der Waals surface area contributed by atoms with Crippen molar-refractivity contribution in [2.24, 2.45) is 5.92 Å². The van der Waals surface area contributed by atoms with Gasteiger partial charge in [0, 0.05) is 13.5 Å². The molecule has 1 fully saturated rings. The molecule has 0 bridgehead atoms. The highest BCUT2D eigenvalue weighted by molar-refractivity contribution is 5.66. The molecule has 0 aliphatic heterocycles. The number of carboxylic acids is 1. The first-order chi connectivity index (χ1) is 6.22. The monoisotopic (exact) mass is 186 g/mol. The zero-order valence-corrected chi connectivity index (χ0v) is 8.16. The van der Waals surface area contributed by atoms with Crippen LogP contribution < -0.4 is 0 Å². The molecule has 0 spiro atoms. The zero-order chi connectivity index (χ0) is 9.68. The van der Waals surface area contributed by atoms with E-state index in [1.54, 1.807) is 7.11 Å². The molecule has 1 saturated carbocycles. The number of aliphatic carboxylic acids is 1. The van der Waals surface area contributed by atoms with E-state index >= 15 is 0 Å². The van der Waals surface area contributed by atoms with E-state index in [-0.39, 0.29) is 0 Å². The second-order valence-electron chi connectivity index (χ2n) is 3.83. The molecule has 1 aliphatic carbocycles.